The first-order valence-electron chi connectivity index (χ1n) is 7.94. The molecule has 1 fully saturated rings. The molecule has 0 aromatic heterocycles. The van der Waals surface area contributed by atoms with Crippen LogP contribution >= 0.6 is 0 Å². The Morgan fingerprint density at radius 3 is 2.76 bits per heavy atom. The predicted octanol–water partition coefficient (Wildman–Crippen LogP) is 4.01. The van der Waals surface area contributed by atoms with E-state index in [-0.39, 0.29) is 0 Å². The van der Waals surface area contributed by atoms with Gasteiger partial charge in [-0.25, -0.2) is 0 Å². The molecular weight excluding hydrogens is 258 g/mol. The van der Waals surface area contributed by atoms with E-state index < -0.39 is 0 Å². The summed E-state index contributed by atoms with van der Waals surface area (Å²) >= 11 is 0. The van der Waals surface area contributed by atoms with Crippen LogP contribution < -0.4 is 10.5 Å². The number of nitrogens with two attached hydrogens (primary N) is 1. The van der Waals surface area contributed by atoms with Crippen molar-refractivity contribution in [3.8, 4) is 16.9 Å². The normalized spacial score (nSPS) is 17.2. The number of fused-ring (bicyclic) bond motifs is 1. The molecule has 0 saturated heterocycles. The summed E-state index contributed by atoms with van der Waals surface area (Å²) in [6.45, 7) is 1.33. The average Bonchev–Trinajstić information content (AvgIpc) is 2.93. The van der Waals surface area contributed by atoms with Gasteiger partial charge in [-0.2, -0.15) is 0 Å². The first kappa shape index (κ1) is 12.9. The summed E-state index contributed by atoms with van der Waals surface area (Å²) in [5.74, 6) is 1.80. The molecule has 1 heterocycles. The van der Waals surface area contributed by atoms with Crippen molar-refractivity contribution in [1.29, 1.82) is 0 Å². The minimum absolute atomic E-state index is 0.540. The Morgan fingerprint density at radius 2 is 2.00 bits per heavy atom. The van der Waals surface area contributed by atoms with Crippen molar-refractivity contribution in [3.63, 3.8) is 0 Å². The quantitative estimate of drug-likeness (QED) is 0.921. The summed E-state index contributed by atoms with van der Waals surface area (Å²) < 4.78 is 5.72. The first-order valence-corrected chi connectivity index (χ1v) is 7.94. The second-order valence-corrected chi connectivity index (χ2v) is 6.18. The van der Waals surface area contributed by atoms with Gasteiger partial charge in [0.15, 0.2) is 0 Å². The second-order valence-electron chi connectivity index (χ2n) is 6.18. The standard InChI is InChI=1S/C19H21NO/c20-12-18-11-17(10-16-7-8-21-19(16)18)15-6-2-5-14(9-15)13-3-1-4-13/h2,5-6,9-11,13H,1,3-4,7-8,12,20H2. The third-order valence-corrected chi connectivity index (χ3v) is 4.88. The van der Waals surface area contributed by atoms with Crippen molar-refractivity contribution < 1.29 is 4.74 Å². The highest BCUT2D eigenvalue weighted by molar-refractivity contribution is 5.69. The van der Waals surface area contributed by atoms with Crippen molar-refractivity contribution in [2.45, 2.75) is 38.1 Å². The van der Waals surface area contributed by atoms with E-state index >= 15 is 0 Å². The molecular formula is C19H21NO. The zero-order valence-electron chi connectivity index (χ0n) is 12.3. The van der Waals surface area contributed by atoms with Crippen molar-refractivity contribution in [1.82, 2.24) is 0 Å². The van der Waals surface area contributed by atoms with Crippen LogP contribution in [0.5, 0.6) is 5.75 Å². The zero-order chi connectivity index (χ0) is 14.2. The molecule has 2 nitrogen and oxygen atoms in total. The molecule has 2 aromatic carbocycles. The van der Waals surface area contributed by atoms with E-state index in [1.807, 2.05) is 0 Å². The fourth-order valence-corrected chi connectivity index (χ4v) is 3.42. The molecule has 0 radical (unpaired) electrons. The molecule has 4 rings (SSSR count). The topological polar surface area (TPSA) is 35.2 Å². The molecule has 2 aliphatic rings. The third kappa shape index (κ3) is 2.24. The monoisotopic (exact) mass is 279 g/mol. The molecule has 0 spiro atoms. The Kier molecular flexibility index (Phi) is 3.19. The predicted molar refractivity (Wildman–Crippen MR) is 85.6 cm³/mol. The van der Waals surface area contributed by atoms with Gasteiger partial charge in [0, 0.05) is 18.5 Å². The van der Waals surface area contributed by atoms with E-state index in [0.717, 1.165) is 30.3 Å². The summed E-state index contributed by atoms with van der Waals surface area (Å²) in [5, 5.41) is 0. The van der Waals surface area contributed by atoms with Crippen LogP contribution in [0.2, 0.25) is 0 Å². The van der Waals surface area contributed by atoms with Crippen LogP contribution in [-0.4, -0.2) is 6.61 Å². The molecule has 2 N–H and O–H groups in total. The van der Waals surface area contributed by atoms with E-state index in [1.54, 1.807) is 0 Å². The number of hydrogen-bond acceptors (Lipinski definition) is 2. The van der Waals surface area contributed by atoms with Gasteiger partial charge in [-0.3, -0.25) is 0 Å². The van der Waals surface area contributed by atoms with Crippen LogP contribution in [-0.2, 0) is 13.0 Å². The summed E-state index contributed by atoms with van der Waals surface area (Å²) in [4.78, 5) is 0. The van der Waals surface area contributed by atoms with E-state index in [0.29, 0.717) is 6.54 Å². The van der Waals surface area contributed by atoms with Gasteiger partial charge >= 0.3 is 0 Å². The summed E-state index contributed by atoms with van der Waals surface area (Å²) in [5.41, 5.74) is 12.4. The van der Waals surface area contributed by atoms with Crippen LogP contribution in [0.25, 0.3) is 11.1 Å². The minimum Gasteiger partial charge on any atom is -0.493 e. The van der Waals surface area contributed by atoms with Gasteiger partial charge < -0.3 is 10.5 Å². The van der Waals surface area contributed by atoms with Crippen LogP contribution in [0.1, 0.15) is 41.9 Å². The lowest BCUT2D eigenvalue weighted by atomic mass is 9.79. The molecule has 1 saturated carbocycles. The molecule has 0 amide bonds. The maximum Gasteiger partial charge on any atom is 0.127 e. The second kappa shape index (κ2) is 5.19. The molecule has 1 aliphatic carbocycles. The lowest BCUT2D eigenvalue weighted by Crippen LogP contribution is -2.08. The Bertz CT molecular complexity index is 673. The van der Waals surface area contributed by atoms with E-state index in [9.17, 15) is 0 Å². The van der Waals surface area contributed by atoms with Crippen LogP contribution in [0.3, 0.4) is 0 Å². The molecule has 108 valence electrons. The molecule has 0 bridgehead atoms. The Labute approximate surface area is 125 Å². The highest BCUT2D eigenvalue weighted by atomic mass is 16.5. The lowest BCUT2D eigenvalue weighted by Gasteiger charge is -2.26. The summed E-state index contributed by atoms with van der Waals surface area (Å²) in [6, 6.07) is 13.5. The summed E-state index contributed by atoms with van der Waals surface area (Å²) in [6.07, 6.45) is 5.06. The average molecular weight is 279 g/mol. The molecule has 0 unspecified atom stereocenters. The van der Waals surface area contributed by atoms with Crippen LogP contribution in [0.15, 0.2) is 36.4 Å². The van der Waals surface area contributed by atoms with E-state index in [1.165, 1.54) is 41.5 Å². The number of rotatable bonds is 3. The molecule has 21 heavy (non-hydrogen) atoms. The highest BCUT2D eigenvalue weighted by Gasteiger charge is 2.21. The number of benzene rings is 2. The first-order chi connectivity index (χ1) is 10.3. The molecule has 2 aromatic rings. The molecule has 2 heteroatoms. The Hall–Kier alpha value is -1.80. The van der Waals surface area contributed by atoms with Gasteiger partial charge in [-0.05, 0) is 53.1 Å². The maximum atomic E-state index is 5.90. The van der Waals surface area contributed by atoms with E-state index in [4.69, 9.17) is 10.5 Å². The van der Waals surface area contributed by atoms with Crippen LogP contribution in [0.4, 0.5) is 0 Å². The number of hydrogen-bond donors (Lipinski definition) is 1. The molecule has 1 aliphatic heterocycles. The maximum absolute atomic E-state index is 5.90. The van der Waals surface area contributed by atoms with Crippen molar-refractivity contribution in [2.75, 3.05) is 6.61 Å². The number of ether oxygens (including phenoxy) is 1. The lowest BCUT2D eigenvalue weighted by molar-refractivity contribution is 0.353. The van der Waals surface area contributed by atoms with Gasteiger partial charge in [-0.15, -0.1) is 0 Å². The van der Waals surface area contributed by atoms with E-state index in [2.05, 4.69) is 36.4 Å². The van der Waals surface area contributed by atoms with Gasteiger partial charge in [0.2, 0.25) is 0 Å². The smallest absolute Gasteiger partial charge is 0.127 e. The Morgan fingerprint density at radius 1 is 1.10 bits per heavy atom. The van der Waals surface area contributed by atoms with Gasteiger partial charge in [0.1, 0.15) is 5.75 Å². The van der Waals surface area contributed by atoms with Gasteiger partial charge in [0.25, 0.3) is 0 Å². The zero-order valence-corrected chi connectivity index (χ0v) is 12.3. The highest BCUT2D eigenvalue weighted by Crippen LogP contribution is 2.39. The van der Waals surface area contributed by atoms with Gasteiger partial charge in [-0.1, -0.05) is 30.7 Å². The molecule has 0 atom stereocenters. The Balaban J connectivity index is 1.76. The van der Waals surface area contributed by atoms with Crippen molar-refractivity contribution >= 4 is 0 Å². The summed E-state index contributed by atoms with van der Waals surface area (Å²) in [7, 11) is 0. The fourth-order valence-electron chi connectivity index (χ4n) is 3.42. The fraction of sp³-hybridized carbons (Fsp3) is 0.368. The minimum atomic E-state index is 0.540. The SMILES string of the molecule is NCc1cc(-c2cccc(C3CCC3)c2)cc2c1OCC2. The van der Waals surface area contributed by atoms with Gasteiger partial charge in [0.05, 0.1) is 6.61 Å². The third-order valence-electron chi connectivity index (χ3n) is 4.88. The largest absolute Gasteiger partial charge is 0.493 e. The van der Waals surface area contributed by atoms with Crippen molar-refractivity contribution in [2.24, 2.45) is 5.73 Å². The van der Waals surface area contributed by atoms with Crippen molar-refractivity contribution in [3.05, 3.63) is 53.1 Å². The van der Waals surface area contributed by atoms with Crippen LogP contribution in [0, 0.1) is 0 Å².